The summed E-state index contributed by atoms with van der Waals surface area (Å²) in [5.41, 5.74) is 0.0348. The lowest BCUT2D eigenvalue weighted by Crippen LogP contribution is -2.61. The molecule has 0 bridgehead atoms. The number of benzene rings is 1. The van der Waals surface area contributed by atoms with Gasteiger partial charge in [0.15, 0.2) is 0 Å². The van der Waals surface area contributed by atoms with Gasteiger partial charge in [-0.3, -0.25) is 33.7 Å². The molecule has 1 aromatic rings. The van der Waals surface area contributed by atoms with Crippen LogP contribution in [0.5, 0.6) is 0 Å². The van der Waals surface area contributed by atoms with E-state index < -0.39 is 72.1 Å². The van der Waals surface area contributed by atoms with Crippen molar-refractivity contribution in [3.8, 4) is 0 Å². The van der Waals surface area contributed by atoms with Crippen LogP contribution in [0.2, 0.25) is 0 Å². The number of hydrogen-bond donors (Lipinski definition) is 4. The molecule has 1 saturated heterocycles. The number of hydrogen-bond acceptors (Lipinski definition) is 7. The molecular formula is C24H29F3N4O7. The predicted octanol–water partition coefficient (Wildman–Crippen LogP) is 0.883. The van der Waals surface area contributed by atoms with Crippen LogP contribution in [0.25, 0.3) is 0 Å². The summed E-state index contributed by atoms with van der Waals surface area (Å²) >= 11 is 0. The Morgan fingerprint density at radius 3 is 2.03 bits per heavy atom. The second-order valence-corrected chi connectivity index (χ2v) is 9.08. The van der Waals surface area contributed by atoms with E-state index in [0.29, 0.717) is 13.0 Å². The molecule has 1 fully saturated rings. The molecular weight excluding hydrogens is 513 g/mol. The summed E-state index contributed by atoms with van der Waals surface area (Å²) in [5.74, 6) is -7.89. The Bertz CT molecular complexity index is 1080. The molecule has 4 amide bonds. The summed E-state index contributed by atoms with van der Waals surface area (Å²) in [5, 5.41) is 16.0. The summed E-state index contributed by atoms with van der Waals surface area (Å²) in [6, 6.07) is 0.371. The molecule has 1 heterocycles. The molecule has 2 rings (SSSR count). The van der Waals surface area contributed by atoms with Gasteiger partial charge in [-0.05, 0) is 56.5 Å². The molecule has 38 heavy (non-hydrogen) atoms. The molecule has 1 unspecified atom stereocenters. The van der Waals surface area contributed by atoms with Crippen molar-refractivity contribution < 1.29 is 47.0 Å². The largest absolute Gasteiger partial charge is 0.480 e. The third kappa shape index (κ3) is 7.60. The first-order valence-electron chi connectivity index (χ1n) is 11.8. The Hall–Kier alpha value is -3.81. The Balaban J connectivity index is 2.28. The lowest BCUT2D eigenvalue weighted by atomic mass is 9.99. The summed E-state index contributed by atoms with van der Waals surface area (Å²) in [6.45, 7) is 3.62. The number of nitrogens with one attached hydrogen (secondary N) is 3. The van der Waals surface area contributed by atoms with Crippen LogP contribution >= 0.6 is 0 Å². The first-order chi connectivity index (χ1) is 17.6. The van der Waals surface area contributed by atoms with Gasteiger partial charge in [0.2, 0.25) is 5.91 Å². The molecule has 1 aliphatic rings. The van der Waals surface area contributed by atoms with E-state index in [-0.39, 0.29) is 22.4 Å². The third-order valence-electron chi connectivity index (χ3n) is 5.91. The number of carboxylic acids is 1. The number of imide groups is 1. The van der Waals surface area contributed by atoms with Gasteiger partial charge < -0.3 is 21.1 Å². The highest BCUT2D eigenvalue weighted by atomic mass is 19.4. The van der Waals surface area contributed by atoms with Crippen LogP contribution in [0, 0.1) is 5.92 Å². The number of rotatable bonds is 10. The molecule has 0 saturated carbocycles. The molecule has 3 atom stereocenters. The maximum atomic E-state index is 13.4. The first-order valence-corrected chi connectivity index (χ1v) is 11.8. The minimum absolute atomic E-state index is 0.0204. The molecule has 208 valence electrons. The van der Waals surface area contributed by atoms with E-state index in [2.05, 4.69) is 16.0 Å². The van der Waals surface area contributed by atoms with Crippen molar-refractivity contribution in [2.45, 2.75) is 57.9 Å². The summed E-state index contributed by atoms with van der Waals surface area (Å²) in [7, 11) is 0. The van der Waals surface area contributed by atoms with Gasteiger partial charge in [0.05, 0.1) is 6.04 Å². The molecule has 0 aliphatic carbocycles. The van der Waals surface area contributed by atoms with Crippen LogP contribution in [-0.2, 0) is 19.2 Å². The van der Waals surface area contributed by atoms with Crippen LogP contribution in [0.15, 0.2) is 24.3 Å². The van der Waals surface area contributed by atoms with E-state index in [1.807, 2.05) is 0 Å². The van der Waals surface area contributed by atoms with Crippen LogP contribution in [-0.4, -0.2) is 82.8 Å². The zero-order valence-electron chi connectivity index (χ0n) is 20.9. The number of carboxylic acid groups (broad SMARTS) is 1. The van der Waals surface area contributed by atoms with Gasteiger partial charge in [0.1, 0.15) is 18.6 Å². The van der Waals surface area contributed by atoms with Crippen molar-refractivity contribution in [1.82, 2.24) is 20.9 Å². The highest BCUT2D eigenvalue weighted by Gasteiger charge is 2.48. The molecule has 14 heteroatoms. The summed E-state index contributed by atoms with van der Waals surface area (Å²) in [4.78, 5) is 74.2. The number of ketones is 1. The molecule has 11 nitrogen and oxygen atoms in total. The van der Waals surface area contributed by atoms with Gasteiger partial charge in [-0.1, -0.05) is 13.8 Å². The number of amides is 4. The maximum Gasteiger partial charge on any atom is 0.452 e. The van der Waals surface area contributed by atoms with Crippen LogP contribution in [0.1, 0.15) is 54.3 Å². The SMILES string of the molecule is CC(C)[C@H](NC(=O)c1ccc(C(=O)NCC(=O)O)cc1)C(=O)N(C(=O)[C@@H]1CCCN1)C(C)C(=O)C(F)(F)F. The van der Waals surface area contributed by atoms with Crippen LogP contribution < -0.4 is 16.0 Å². The van der Waals surface area contributed by atoms with Crippen LogP contribution in [0.4, 0.5) is 13.2 Å². The second-order valence-electron chi connectivity index (χ2n) is 9.08. The van der Waals surface area contributed by atoms with E-state index in [1.54, 1.807) is 0 Å². The number of halogens is 3. The molecule has 1 aromatic carbocycles. The Morgan fingerprint density at radius 2 is 1.58 bits per heavy atom. The number of aliphatic carboxylic acids is 1. The summed E-state index contributed by atoms with van der Waals surface area (Å²) < 4.78 is 39.6. The molecule has 0 aromatic heterocycles. The van der Waals surface area contributed by atoms with Gasteiger partial charge in [0, 0.05) is 11.1 Å². The van der Waals surface area contributed by atoms with Crippen molar-refractivity contribution in [2.24, 2.45) is 5.92 Å². The highest BCUT2D eigenvalue weighted by molar-refractivity contribution is 6.07. The Morgan fingerprint density at radius 1 is 1.03 bits per heavy atom. The minimum atomic E-state index is -5.30. The van der Waals surface area contributed by atoms with E-state index >= 15 is 0 Å². The lowest BCUT2D eigenvalue weighted by molar-refractivity contribution is -0.179. The lowest BCUT2D eigenvalue weighted by Gasteiger charge is -2.33. The zero-order valence-corrected chi connectivity index (χ0v) is 20.9. The second kappa shape index (κ2) is 12.6. The third-order valence-corrected chi connectivity index (χ3v) is 5.91. The molecule has 0 spiro atoms. The first kappa shape index (κ1) is 30.4. The normalized spacial score (nSPS) is 16.9. The smallest absolute Gasteiger partial charge is 0.452 e. The number of Topliss-reactive ketones (excluding diaryl/α,β-unsaturated/α-hetero) is 1. The average molecular weight is 543 g/mol. The van der Waals surface area contributed by atoms with Crippen molar-refractivity contribution in [3.63, 3.8) is 0 Å². The van der Waals surface area contributed by atoms with E-state index in [0.717, 1.165) is 6.92 Å². The van der Waals surface area contributed by atoms with Gasteiger partial charge in [-0.25, -0.2) is 0 Å². The molecule has 0 radical (unpaired) electrons. The van der Waals surface area contributed by atoms with Gasteiger partial charge in [0.25, 0.3) is 23.5 Å². The van der Waals surface area contributed by atoms with Crippen molar-refractivity contribution in [1.29, 1.82) is 0 Å². The van der Waals surface area contributed by atoms with E-state index in [4.69, 9.17) is 5.11 Å². The van der Waals surface area contributed by atoms with Gasteiger partial charge in [-0.15, -0.1) is 0 Å². The standard InChI is InChI=1S/C24H29F3N4O7/c1-12(2)18(30-21(36)15-8-6-14(7-9-15)20(35)29-11-17(32)33)23(38)31(13(3)19(34)24(25,26)27)22(37)16-5-4-10-28-16/h6-9,12-13,16,18,28H,4-5,10-11H2,1-3H3,(H,29,35)(H,30,36)(H,32,33)/t13?,16-,18-/m0/s1. The Labute approximate surface area is 216 Å². The molecule has 1 aliphatic heterocycles. The topological polar surface area (TPSA) is 162 Å². The minimum Gasteiger partial charge on any atom is -0.480 e. The molecule has 4 N–H and O–H groups in total. The van der Waals surface area contributed by atoms with Crippen LogP contribution in [0.3, 0.4) is 0 Å². The quantitative estimate of drug-likeness (QED) is 0.339. The monoisotopic (exact) mass is 542 g/mol. The fourth-order valence-electron chi connectivity index (χ4n) is 3.83. The predicted molar refractivity (Wildman–Crippen MR) is 126 cm³/mol. The average Bonchev–Trinajstić information content (AvgIpc) is 3.39. The fourth-order valence-corrected chi connectivity index (χ4v) is 3.83. The number of nitrogens with zero attached hydrogens (tertiary/aromatic N) is 1. The fraction of sp³-hybridized carbons (Fsp3) is 0.500. The van der Waals surface area contributed by atoms with Crippen molar-refractivity contribution in [2.75, 3.05) is 13.1 Å². The Kier molecular flexibility index (Phi) is 10.1. The number of alkyl halides is 3. The van der Waals surface area contributed by atoms with Gasteiger partial charge >= 0.3 is 12.1 Å². The number of carbonyl (C=O) groups is 6. The summed E-state index contributed by atoms with van der Waals surface area (Å²) in [6.07, 6.45) is -4.48. The van der Waals surface area contributed by atoms with Crippen molar-refractivity contribution in [3.05, 3.63) is 35.4 Å². The highest BCUT2D eigenvalue weighted by Crippen LogP contribution is 2.23. The van der Waals surface area contributed by atoms with E-state index in [9.17, 15) is 41.9 Å². The number of carbonyl (C=O) groups excluding carboxylic acids is 5. The van der Waals surface area contributed by atoms with Gasteiger partial charge in [-0.2, -0.15) is 13.2 Å². The van der Waals surface area contributed by atoms with Crippen molar-refractivity contribution >= 4 is 35.4 Å². The zero-order chi connectivity index (χ0) is 28.8. The maximum absolute atomic E-state index is 13.4. The van der Waals surface area contributed by atoms with E-state index in [1.165, 1.54) is 38.1 Å².